The van der Waals surface area contributed by atoms with Crippen molar-refractivity contribution in [3.05, 3.63) is 49.4 Å². The first-order valence-corrected chi connectivity index (χ1v) is 6.28. The fourth-order valence-corrected chi connectivity index (χ4v) is 2.02. The maximum absolute atomic E-state index is 5.95. The average Bonchev–Trinajstić information content (AvgIpc) is 2.38. The summed E-state index contributed by atoms with van der Waals surface area (Å²) in [4.78, 5) is 0. The van der Waals surface area contributed by atoms with Gasteiger partial charge in [-0.3, -0.25) is 0 Å². The van der Waals surface area contributed by atoms with Gasteiger partial charge in [0.2, 0.25) is 0 Å². The van der Waals surface area contributed by atoms with Crippen LogP contribution in [0, 0.1) is 6.92 Å². The Kier molecular flexibility index (Phi) is 4.03. The van der Waals surface area contributed by atoms with E-state index in [1.54, 1.807) is 0 Å². The number of hydrogen-bond donors (Lipinski definition) is 0. The van der Waals surface area contributed by atoms with Crippen LogP contribution < -0.4 is 4.74 Å². The highest BCUT2D eigenvalue weighted by Gasteiger charge is 2.06. The second-order valence-electron chi connectivity index (χ2n) is 4.33. The third-order valence-corrected chi connectivity index (χ3v) is 2.96. The van der Waals surface area contributed by atoms with Crippen LogP contribution in [0.4, 0.5) is 0 Å². The standard InChI is InChI=1S/C16H19O/c1-3-7-15(4-2)17-16-11-10-13-8-5-6-9-14(13)12-16/h5-6,8-12,15H,2-4,7H2,1H3/t15-/m1/s1. The number of hydrogen-bond acceptors (Lipinski definition) is 1. The minimum absolute atomic E-state index is 0.237. The molecule has 2 aromatic carbocycles. The van der Waals surface area contributed by atoms with Crippen LogP contribution in [0.15, 0.2) is 42.5 Å². The largest absolute Gasteiger partial charge is 0.490 e. The summed E-state index contributed by atoms with van der Waals surface area (Å²) in [6.45, 7) is 6.11. The van der Waals surface area contributed by atoms with Gasteiger partial charge in [-0.1, -0.05) is 43.7 Å². The molecule has 0 aliphatic carbocycles. The van der Waals surface area contributed by atoms with Crippen molar-refractivity contribution in [1.29, 1.82) is 0 Å². The quantitative estimate of drug-likeness (QED) is 0.724. The molecule has 2 aromatic rings. The SMILES string of the molecule is [CH2]C[C@H](CCC)Oc1ccc2ccccc2c1. The third-order valence-electron chi connectivity index (χ3n) is 2.96. The molecular weight excluding hydrogens is 208 g/mol. The van der Waals surface area contributed by atoms with Gasteiger partial charge in [-0.15, -0.1) is 0 Å². The zero-order chi connectivity index (χ0) is 12.1. The van der Waals surface area contributed by atoms with Crippen molar-refractivity contribution in [2.75, 3.05) is 0 Å². The summed E-state index contributed by atoms with van der Waals surface area (Å²) < 4.78 is 5.95. The van der Waals surface area contributed by atoms with Crippen molar-refractivity contribution < 1.29 is 4.74 Å². The predicted molar refractivity (Wildman–Crippen MR) is 73.2 cm³/mol. The van der Waals surface area contributed by atoms with E-state index in [1.807, 2.05) is 6.07 Å². The molecule has 0 bridgehead atoms. The molecular formula is C16H19O. The Balaban J connectivity index is 2.18. The molecule has 0 aliphatic heterocycles. The molecule has 89 valence electrons. The van der Waals surface area contributed by atoms with Crippen LogP contribution >= 0.6 is 0 Å². The van der Waals surface area contributed by atoms with Gasteiger partial charge in [0, 0.05) is 0 Å². The van der Waals surface area contributed by atoms with Gasteiger partial charge in [-0.2, -0.15) is 0 Å². The van der Waals surface area contributed by atoms with Crippen molar-refractivity contribution in [3.8, 4) is 5.75 Å². The molecule has 1 heteroatoms. The molecule has 0 aromatic heterocycles. The first kappa shape index (κ1) is 12.0. The topological polar surface area (TPSA) is 9.23 Å². The van der Waals surface area contributed by atoms with E-state index in [9.17, 15) is 0 Å². The number of benzene rings is 2. The molecule has 0 saturated carbocycles. The van der Waals surface area contributed by atoms with Crippen LogP contribution in [0.1, 0.15) is 26.2 Å². The molecule has 0 spiro atoms. The van der Waals surface area contributed by atoms with Crippen LogP contribution in [0.25, 0.3) is 10.8 Å². The van der Waals surface area contributed by atoms with E-state index in [-0.39, 0.29) is 6.10 Å². The molecule has 0 aliphatic rings. The molecule has 0 heterocycles. The number of rotatable bonds is 5. The second kappa shape index (κ2) is 5.72. The number of ether oxygens (including phenoxy) is 1. The summed E-state index contributed by atoms with van der Waals surface area (Å²) in [7, 11) is 0. The highest BCUT2D eigenvalue weighted by Crippen LogP contribution is 2.22. The fraction of sp³-hybridized carbons (Fsp3) is 0.312. The molecule has 2 rings (SSSR count). The third kappa shape index (κ3) is 3.00. The van der Waals surface area contributed by atoms with Crippen LogP contribution in [-0.2, 0) is 0 Å². The Labute approximate surface area is 103 Å². The summed E-state index contributed by atoms with van der Waals surface area (Å²) in [6, 6.07) is 14.6. The van der Waals surface area contributed by atoms with Crippen molar-refractivity contribution in [3.63, 3.8) is 0 Å². The van der Waals surface area contributed by atoms with Crippen LogP contribution in [0.3, 0.4) is 0 Å². The van der Waals surface area contributed by atoms with Crippen molar-refractivity contribution in [1.82, 2.24) is 0 Å². The highest BCUT2D eigenvalue weighted by molar-refractivity contribution is 5.83. The Morgan fingerprint density at radius 1 is 1.12 bits per heavy atom. The molecule has 1 nitrogen and oxygen atoms in total. The van der Waals surface area contributed by atoms with Gasteiger partial charge in [0.25, 0.3) is 0 Å². The summed E-state index contributed by atoms with van der Waals surface area (Å²) in [6.07, 6.45) is 3.26. The van der Waals surface area contributed by atoms with Crippen LogP contribution in [0.2, 0.25) is 0 Å². The smallest absolute Gasteiger partial charge is 0.120 e. The summed E-state index contributed by atoms with van der Waals surface area (Å²) in [5, 5.41) is 2.48. The maximum atomic E-state index is 5.95. The summed E-state index contributed by atoms with van der Waals surface area (Å²) in [5.41, 5.74) is 0. The molecule has 0 amide bonds. The Bertz CT molecular complexity index is 476. The van der Waals surface area contributed by atoms with Crippen molar-refractivity contribution in [2.45, 2.75) is 32.3 Å². The van der Waals surface area contributed by atoms with Gasteiger partial charge in [0.15, 0.2) is 0 Å². The van der Waals surface area contributed by atoms with E-state index < -0.39 is 0 Å². The normalized spacial score (nSPS) is 12.6. The summed E-state index contributed by atoms with van der Waals surface area (Å²) >= 11 is 0. The van der Waals surface area contributed by atoms with E-state index >= 15 is 0 Å². The molecule has 1 radical (unpaired) electrons. The Morgan fingerprint density at radius 3 is 2.59 bits per heavy atom. The lowest BCUT2D eigenvalue weighted by Crippen LogP contribution is -2.14. The van der Waals surface area contributed by atoms with E-state index in [4.69, 9.17) is 4.74 Å². The number of fused-ring (bicyclic) bond motifs is 1. The lowest BCUT2D eigenvalue weighted by atomic mass is 10.1. The van der Waals surface area contributed by atoms with Crippen molar-refractivity contribution >= 4 is 10.8 Å². The highest BCUT2D eigenvalue weighted by atomic mass is 16.5. The zero-order valence-electron chi connectivity index (χ0n) is 10.4. The molecule has 0 unspecified atom stereocenters. The Hall–Kier alpha value is -1.50. The first-order valence-electron chi connectivity index (χ1n) is 6.28. The lowest BCUT2D eigenvalue weighted by molar-refractivity contribution is 0.193. The van der Waals surface area contributed by atoms with E-state index in [1.165, 1.54) is 10.8 Å². The molecule has 0 N–H and O–H groups in total. The molecule has 1 atom stereocenters. The van der Waals surface area contributed by atoms with Crippen molar-refractivity contribution in [2.24, 2.45) is 0 Å². The fourth-order valence-electron chi connectivity index (χ4n) is 2.02. The van der Waals surface area contributed by atoms with Gasteiger partial charge in [0.05, 0.1) is 6.10 Å². The average molecular weight is 227 g/mol. The minimum Gasteiger partial charge on any atom is -0.490 e. The van der Waals surface area contributed by atoms with Gasteiger partial charge < -0.3 is 4.74 Å². The molecule has 17 heavy (non-hydrogen) atoms. The van der Waals surface area contributed by atoms with Crippen LogP contribution in [-0.4, -0.2) is 6.10 Å². The van der Waals surface area contributed by atoms with Gasteiger partial charge in [0.1, 0.15) is 5.75 Å². The minimum atomic E-state index is 0.237. The second-order valence-corrected chi connectivity index (χ2v) is 4.33. The van der Waals surface area contributed by atoms with Crippen LogP contribution in [0.5, 0.6) is 5.75 Å². The molecule has 0 fully saturated rings. The Morgan fingerprint density at radius 2 is 1.88 bits per heavy atom. The maximum Gasteiger partial charge on any atom is 0.120 e. The van der Waals surface area contributed by atoms with E-state index in [2.05, 4.69) is 50.2 Å². The first-order chi connectivity index (χ1) is 8.33. The zero-order valence-corrected chi connectivity index (χ0v) is 10.4. The summed E-state index contributed by atoms with van der Waals surface area (Å²) in [5.74, 6) is 0.950. The lowest BCUT2D eigenvalue weighted by Gasteiger charge is -2.17. The monoisotopic (exact) mass is 227 g/mol. The van der Waals surface area contributed by atoms with E-state index in [0.29, 0.717) is 0 Å². The van der Waals surface area contributed by atoms with E-state index in [0.717, 1.165) is 25.0 Å². The molecule has 0 saturated heterocycles. The van der Waals surface area contributed by atoms with Gasteiger partial charge >= 0.3 is 0 Å². The van der Waals surface area contributed by atoms with Gasteiger partial charge in [-0.05, 0) is 42.7 Å². The predicted octanol–water partition coefficient (Wildman–Crippen LogP) is 4.61. The van der Waals surface area contributed by atoms with Gasteiger partial charge in [-0.25, -0.2) is 0 Å².